The minimum Gasteiger partial charge on any atom is -0.350 e. The van der Waals surface area contributed by atoms with Crippen LogP contribution in [-0.2, 0) is 39.1 Å². The molecule has 10 heteroatoms. The molecular formula is C33H33ClFN3O4S. The van der Waals surface area contributed by atoms with Gasteiger partial charge >= 0.3 is 0 Å². The van der Waals surface area contributed by atoms with Crippen LogP contribution in [0.2, 0.25) is 5.02 Å². The fourth-order valence-electron chi connectivity index (χ4n) is 4.64. The molecular weight excluding hydrogens is 589 g/mol. The van der Waals surface area contributed by atoms with Crippen LogP contribution in [0.5, 0.6) is 0 Å². The van der Waals surface area contributed by atoms with E-state index in [-0.39, 0.29) is 42.8 Å². The number of sulfonamides is 1. The van der Waals surface area contributed by atoms with E-state index in [4.69, 9.17) is 11.6 Å². The molecule has 4 aromatic rings. The molecule has 0 aromatic heterocycles. The van der Waals surface area contributed by atoms with Crippen molar-refractivity contribution in [2.45, 2.75) is 43.8 Å². The summed E-state index contributed by atoms with van der Waals surface area (Å²) in [6.45, 7) is 2.21. The molecule has 0 bridgehead atoms. The zero-order chi connectivity index (χ0) is 30.8. The van der Waals surface area contributed by atoms with Gasteiger partial charge in [0, 0.05) is 31.1 Å². The molecule has 1 atom stereocenters. The second-order valence-electron chi connectivity index (χ2n) is 9.92. The van der Waals surface area contributed by atoms with E-state index in [1.807, 2.05) is 18.2 Å². The molecule has 4 rings (SSSR count). The average Bonchev–Trinajstić information content (AvgIpc) is 3.01. The third-order valence-corrected chi connectivity index (χ3v) is 8.80. The van der Waals surface area contributed by atoms with Gasteiger partial charge in [0.25, 0.3) is 0 Å². The van der Waals surface area contributed by atoms with Gasteiger partial charge in [-0.25, -0.2) is 17.5 Å². The Kier molecular flexibility index (Phi) is 11.1. The third kappa shape index (κ3) is 8.73. The minimum atomic E-state index is -3.59. The molecule has 0 heterocycles. The first-order valence-corrected chi connectivity index (χ1v) is 15.7. The third-order valence-electron chi connectivity index (χ3n) is 6.87. The van der Waals surface area contributed by atoms with E-state index in [1.54, 1.807) is 67.6 Å². The lowest BCUT2D eigenvalue weighted by Crippen LogP contribution is -2.43. The van der Waals surface area contributed by atoms with E-state index in [0.717, 1.165) is 11.1 Å². The van der Waals surface area contributed by atoms with Gasteiger partial charge in [0.2, 0.25) is 21.8 Å². The zero-order valence-electron chi connectivity index (χ0n) is 23.7. The number of nitrogens with one attached hydrogen (secondary N) is 2. The maximum Gasteiger partial charge on any atom is 0.247 e. The quantitative estimate of drug-likeness (QED) is 0.197. The summed E-state index contributed by atoms with van der Waals surface area (Å²) in [7, 11) is -3.59. The second-order valence-corrected chi connectivity index (χ2v) is 12.1. The van der Waals surface area contributed by atoms with Crippen LogP contribution in [-0.4, -0.2) is 31.7 Å². The minimum absolute atomic E-state index is 0.0572. The van der Waals surface area contributed by atoms with E-state index >= 15 is 0 Å². The van der Waals surface area contributed by atoms with Crippen molar-refractivity contribution in [3.8, 4) is 0 Å². The largest absolute Gasteiger partial charge is 0.350 e. The summed E-state index contributed by atoms with van der Waals surface area (Å²) < 4.78 is 40.7. The molecule has 0 aliphatic heterocycles. The van der Waals surface area contributed by atoms with Crippen LogP contribution >= 0.6 is 11.6 Å². The highest BCUT2D eigenvalue weighted by molar-refractivity contribution is 7.89. The molecule has 0 aliphatic rings. The number of nitrogens with zero attached hydrogens (tertiary/aromatic N) is 1. The maximum atomic E-state index is 13.9. The molecule has 4 aromatic carbocycles. The van der Waals surface area contributed by atoms with Crippen LogP contribution in [0, 0.1) is 5.82 Å². The number of hydrogen-bond acceptors (Lipinski definition) is 4. The second kappa shape index (κ2) is 14.9. The van der Waals surface area contributed by atoms with Crippen molar-refractivity contribution in [3.63, 3.8) is 0 Å². The summed E-state index contributed by atoms with van der Waals surface area (Å²) >= 11 is 6.30. The molecule has 0 unspecified atom stereocenters. The summed E-state index contributed by atoms with van der Waals surface area (Å²) in [6, 6.07) is 27.4. The standard InChI is InChI=1S/C33H33ClFN3O4S/c1-2-37-43(41,42)29-19-14-24(15-20-29)16-21-31(39)38(23-25-12-17-28(35)18-13-25)32(26-8-4-3-5-9-26)33(40)36-22-27-10-6-7-11-30(27)34/h3-15,17-20,32,37H,2,16,21-23H2,1H3,(H,36,40)/t32-/m1/s1. The van der Waals surface area contributed by atoms with Crippen molar-refractivity contribution >= 4 is 33.4 Å². The molecule has 224 valence electrons. The van der Waals surface area contributed by atoms with Crippen molar-refractivity contribution in [3.05, 3.63) is 136 Å². The lowest BCUT2D eigenvalue weighted by Gasteiger charge is -2.32. The summed E-state index contributed by atoms with van der Waals surface area (Å²) in [6.07, 6.45) is 0.380. The number of benzene rings is 4. The first-order valence-electron chi connectivity index (χ1n) is 13.9. The Morgan fingerprint density at radius 1 is 0.860 bits per heavy atom. The number of amides is 2. The molecule has 0 saturated heterocycles. The van der Waals surface area contributed by atoms with Crippen molar-refractivity contribution in [1.82, 2.24) is 14.9 Å². The lowest BCUT2D eigenvalue weighted by molar-refractivity contribution is -0.141. The summed E-state index contributed by atoms with van der Waals surface area (Å²) in [5.41, 5.74) is 2.78. The smallest absolute Gasteiger partial charge is 0.247 e. The molecule has 0 fully saturated rings. The van der Waals surface area contributed by atoms with Crippen molar-refractivity contribution in [2.75, 3.05) is 6.54 Å². The summed E-state index contributed by atoms with van der Waals surface area (Å²) in [5.74, 6) is -1.09. The Morgan fingerprint density at radius 2 is 1.49 bits per heavy atom. The monoisotopic (exact) mass is 621 g/mol. The molecule has 2 N–H and O–H groups in total. The Labute approximate surface area is 256 Å². The van der Waals surface area contributed by atoms with Gasteiger partial charge in [-0.15, -0.1) is 0 Å². The highest BCUT2D eigenvalue weighted by atomic mass is 35.5. The Balaban J connectivity index is 1.60. The van der Waals surface area contributed by atoms with E-state index in [0.29, 0.717) is 22.6 Å². The van der Waals surface area contributed by atoms with Crippen molar-refractivity contribution < 1.29 is 22.4 Å². The fraction of sp³-hybridized carbons (Fsp3) is 0.212. The molecule has 43 heavy (non-hydrogen) atoms. The average molecular weight is 622 g/mol. The van der Waals surface area contributed by atoms with Crippen molar-refractivity contribution in [2.24, 2.45) is 0 Å². The highest BCUT2D eigenvalue weighted by Gasteiger charge is 2.31. The topological polar surface area (TPSA) is 95.6 Å². The van der Waals surface area contributed by atoms with Gasteiger partial charge in [0.15, 0.2) is 0 Å². The van der Waals surface area contributed by atoms with Gasteiger partial charge in [-0.1, -0.05) is 91.3 Å². The molecule has 2 amide bonds. The van der Waals surface area contributed by atoms with E-state index < -0.39 is 21.9 Å². The lowest BCUT2D eigenvalue weighted by atomic mass is 10.0. The Morgan fingerprint density at radius 3 is 2.14 bits per heavy atom. The number of hydrogen-bond donors (Lipinski definition) is 2. The van der Waals surface area contributed by atoms with Gasteiger partial charge in [-0.05, 0) is 59.0 Å². The summed E-state index contributed by atoms with van der Waals surface area (Å²) in [5, 5.41) is 3.45. The predicted octanol–water partition coefficient (Wildman–Crippen LogP) is 5.80. The van der Waals surface area contributed by atoms with Crippen LogP contribution in [0.3, 0.4) is 0 Å². The molecule has 0 saturated carbocycles. The van der Waals surface area contributed by atoms with Crippen molar-refractivity contribution in [1.29, 1.82) is 0 Å². The zero-order valence-corrected chi connectivity index (χ0v) is 25.2. The normalized spacial score (nSPS) is 12.0. The number of carbonyl (C=O) groups is 2. The van der Waals surface area contributed by atoms with Crippen LogP contribution < -0.4 is 10.0 Å². The van der Waals surface area contributed by atoms with Gasteiger partial charge < -0.3 is 10.2 Å². The van der Waals surface area contributed by atoms with E-state index in [2.05, 4.69) is 10.0 Å². The SMILES string of the molecule is CCNS(=O)(=O)c1ccc(CCC(=O)N(Cc2ccc(F)cc2)[C@@H](C(=O)NCc2ccccc2Cl)c2ccccc2)cc1. The van der Waals surface area contributed by atoms with Crippen LogP contribution in [0.25, 0.3) is 0 Å². The van der Waals surface area contributed by atoms with Crippen LogP contribution in [0.4, 0.5) is 4.39 Å². The van der Waals surface area contributed by atoms with Gasteiger partial charge in [0.1, 0.15) is 11.9 Å². The molecule has 0 spiro atoms. The fourth-order valence-corrected chi connectivity index (χ4v) is 5.89. The maximum absolute atomic E-state index is 13.9. The van der Waals surface area contributed by atoms with Gasteiger partial charge in [-0.2, -0.15) is 0 Å². The first kappa shape index (κ1) is 31.9. The first-order chi connectivity index (χ1) is 20.7. The van der Waals surface area contributed by atoms with E-state index in [1.165, 1.54) is 29.2 Å². The molecule has 0 radical (unpaired) electrons. The predicted molar refractivity (Wildman–Crippen MR) is 165 cm³/mol. The number of halogens is 2. The Hall–Kier alpha value is -4.05. The molecule has 7 nitrogen and oxygen atoms in total. The molecule has 0 aliphatic carbocycles. The highest BCUT2D eigenvalue weighted by Crippen LogP contribution is 2.26. The number of carbonyl (C=O) groups excluding carboxylic acids is 2. The van der Waals surface area contributed by atoms with Crippen LogP contribution in [0.1, 0.15) is 41.6 Å². The Bertz CT molecular complexity index is 1630. The van der Waals surface area contributed by atoms with Crippen LogP contribution in [0.15, 0.2) is 108 Å². The van der Waals surface area contributed by atoms with Gasteiger partial charge in [-0.3, -0.25) is 9.59 Å². The van der Waals surface area contributed by atoms with Gasteiger partial charge in [0.05, 0.1) is 4.90 Å². The summed E-state index contributed by atoms with van der Waals surface area (Å²) in [4.78, 5) is 29.3. The number of rotatable bonds is 13. The number of aryl methyl sites for hydroxylation is 1. The van der Waals surface area contributed by atoms with E-state index in [9.17, 15) is 22.4 Å².